The zero-order chi connectivity index (χ0) is 12.0. The summed E-state index contributed by atoms with van der Waals surface area (Å²) >= 11 is 5.96. The van der Waals surface area contributed by atoms with E-state index in [0.29, 0.717) is 6.04 Å². The van der Waals surface area contributed by atoms with Crippen molar-refractivity contribution < 1.29 is 4.74 Å². The van der Waals surface area contributed by atoms with Crippen LogP contribution in [0.5, 0.6) is 0 Å². The first-order valence-corrected chi connectivity index (χ1v) is 6.06. The van der Waals surface area contributed by atoms with Gasteiger partial charge in [0, 0.05) is 24.7 Å². The van der Waals surface area contributed by atoms with Crippen LogP contribution < -0.4 is 5.32 Å². The smallest absolute Gasteiger partial charge is 0.0946 e. The Morgan fingerprint density at radius 2 is 2.19 bits per heavy atom. The lowest BCUT2D eigenvalue weighted by molar-refractivity contribution is 0.0998. The molecule has 16 heavy (non-hydrogen) atoms. The maximum absolute atomic E-state index is 5.96. The summed E-state index contributed by atoms with van der Waals surface area (Å²) in [6.45, 7) is 5.15. The molecule has 2 nitrogen and oxygen atoms in total. The highest BCUT2D eigenvalue weighted by atomic mass is 35.5. The average molecular weight is 242 g/mol. The van der Waals surface area contributed by atoms with Crippen molar-refractivity contribution in [2.24, 2.45) is 0 Å². The highest BCUT2D eigenvalue weighted by molar-refractivity contribution is 6.30. The summed E-state index contributed by atoms with van der Waals surface area (Å²) in [5.74, 6) is 0. The molecule has 0 bridgehead atoms. The molecule has 2 atom stereocenters. The highest BCUT2D eigenvalue weighted by Crippen LogP contribution is 2.19. The molecule has 0 saturated carbocycles. The van der Waals surface area contributed by atoms with Gasteiger partial charge in [-0.1, -0.05) is 30.7 Å². The number of hydrogen-bond acceptors (Lipinski definition) is 2. The number of rotatable bonds is 6. The number of ether oxygens (including phenoxy) is 1. The molecule has 0 radical (unpaired) electrons. The Morgan fingerprint density at radius 3 is 2.75 bits per heavy atom. The summed E-state index contributed by atoms with van der Waals surface area (Å²) in [6, 6.07) is 8.33. The SMILES string of the molecule is CCC(C)NCC(OC)c1cccc(Cl)c1. The molecule has 0 amide bonds. The molecule has 0 aliphatic heterocycles. The van der Waals surface area contributed by atoms with E-state index in [9.17, 15) is 0 Å². The minimum Gasteiger partial charge on any atom is -0.375 e. The molecule has 1 rings (SSSR count). The van der Waals surface area contributed by atoms with Gasteiger partial charge in [-0.2, -0.15) is 0 Å². The van der Waals surface area contributed by atoms with Gasteiger partial charge in [-0.15, -0.1) is 0 Å². The largest absolute Gasteiger partial charge is 0.375 e. The van der Waals surface area contributed by atoms with Gasteiger partial charge in [0.1, 0.15) is 0 Å². The zero-order valence-corrected chi connectivity index (χ0v) is 10.9. The van der Waals surface area contributed by atoms with E-state index in [1.807, 2.05) is 24.3 Å². The maximum atomic E-state index is 5.96. The van der Waals surface area contributed by atoms with Gasteiger partial charge in [-0.3, -0.25) is 0 Å². The molecule has 1 aromatic rings. The molecule has 0 fully saturated rings. The standard InChI is InChI=1S/C13H20ClNO/c1-4-10(2)15-9-13(16-3)11-6-5-7-12(14)8-11/h5-8,10,13,15H,4,9H2,1-3H3. The van der Waals surface area contributed by atoms with E-state index in [4.69, 9.17) is 16.3 Å². The van der Waals surface area contributed by atoms with Crippen molar-refractivity contribution in [2.45, 2.75) is 32.4 Å². The average Bonchev–Trinajstić information content (AvgIpc) is 2.29. The minimum atomic E-state index is 0.0627. The molecule has 0 spiro atoms. The molecule has 0 aliphatic rings. The van der Waals surface area contributed by atoms with Gasteiger partial charge in [0.2, 0.25) is 0 Å². The summed E-state index contributed by atoms with van der Waals surface area (Å²) in [5, 5.41) is 4.19. The predicted molar refractivity (Wildman–Crippen MR) is 69.0 cm³/mol. The van der Waals surface area contributed by atoms with Crippen LogP contribution in [0, 0.1) is 0 Å². The Morgan fingerprint density at radius 1 is 1.44 bits per heavy atom. The normalized spacial score (nSPS) is 14.8. The fourth-order valence-corrected chi connectivity index (χ4v) is 1.70. The summed E-state index contributed by atoms with van der Waals surface area (Å²) in [6.07, 6.45) is 1.18. The van der Waals surface area contributed by atoms with Crippen LogP contribution in [-0.4, -0.2) is 19.7 Å². The molecule has 1 N–H and O–H groups in total. The molecule has 0 aromatic heterocycles. The van der Waals surface area contributed by atoms with E-state index in [2.05, 4.69) is 19.2 Å². The van der Waals surface area contributed by atoms with Crippen LogP contribution in [0.2, 0.25) is 5.02 Å². The molecular weight excluding hydrogens is 222 g/mol. The van der Waals surface area contributed by atoms with Crippen molar-refractivity contribution in [3.05, 3.63) is 34.9 Å². The molecule has 0 heterocycles. The molecule has 90 valence electrons. The van der Waals surface area contributed by atoms with Crippen molar-refractivity contribution in [3.63, 3.8) is 0 Å². The van der Waals surface area contributed by atoms with Gasteiger partial charge in [0.25, 0.3) is 0 Å². The van der Waals surface area contributed by atoms with Crippen LogP contribution in [0.4, 0.5) is 0 Å². The molecule has 1 aromatic carbocycles. The first-order valence-electron chi connectivity index (χ1n) is 5.69. The van der Waals surface area contributed by atoms with Gasteiger partial charge >= 0.3 is 0 Å². The van der Waals surface area contributed by atoms with E-state index >= 15 is 0 Å². The summed E-state index contributed by atoms with van der Waals surface area (Å²) in [5.41, 5.74) is 1.12. The molecule has 2 unspecified atom stereocenters. The summed E-state index contributed by atoms with van der Waals surface area (Å²) in [7, 11) is 1.73. The van der Waals surface area contributed by atoms with Gasteiger partial charge in [0.05, 0.1) is 6.10 Å². The van der Waals surface area contributed by atoms with Crippen molar-refractivity contribution >= 4 is 11.6 Å². The Balaban J connectivity index is 2.60. The molecule has 0 saturated heterocycles. The van der Waals surface area contributed by atoms with Gasteiger partial charge in [0.15, 0.2) is 0 Å². The lowest BCUT2D eigenvalue weighted by Gasteiger charge is -2.19. The predicted octanol–water partition coefficient (Wildman–Crippen LogP) is 3.42. The van der Waals surface area contributed by atoms with Crippen LogP contribution in [0.15, 0.2) is 24.3 Å². The number of hydrogen-bond donors (Lipinski definition) is 1. The van der Waals surface area contributed by atoms with Gasteiger partial charge in [-0.05, 0) is 31.0 Å². The van der Waals surface area contributed by atoms with Gasteiger partial charge in [-0.25, -0.2) is 0 Å². The first kappa shape index (κ1) is 13.5. The Bertz CT molecular complexity index is 317. The monoisotopic (exact) mass is 241 g/mol. The van der Waals surface area contributed by atoms with E-state index in [0.717, 1.165) is 23.6 Å². The summed E-state index contributed by atoms with van der Waals surface area (Å²) in [4.78, 5) is 0. The lowest BCUT2D eigenvalue weighted by atomic mass is 10.1. The second-order valence-electron chi connectivity index (χ2n) is 4.00. The van der Waals surface area contributed by atoms with Crippen LogP contribution in [0.1, 0.15) is 31.9 Å². The van der Waals surface area contributed by atoms with E-state index < -0.39 is 0 Å². The first-order chi connectivity index (χ1) is 7.67. The third-order valence-electron chi connectivity index (χ3n) is 2.77. The van der Waals surface area contributed by atoms with Crippen LogP contribution >= 0.6 is 11.6 Å². The number of halogens is 1. The van der Waals surface area contributed by atoms with E-state index in [1.165, 1.54) is 0 Å². The van der Waals surface area contributed by atoms with Crippen molar-refractivity contribution in [2.75, 3.05) is 13.7 Å². The fourth-order valence-electron chi connectivity index (χ4n) is 1.50. The lowest BCUT2D eigenvalue weighted by Crippen LogP contribution is -2.30. The topological polar surface area (TPSA) is 21.3 Å². The third kappa shape index (κ3) is 4.12. The maximum Gasteiger partial charge on any atom is 0.0946 e. The third-order valence-corrected chi connectivity index (χ3v) is 3.00. The van der Waals surface area contributed by atoms with Crippen LogP contribution in [0.25, 0.3) is 0 Å². The molecule has 3 heteroatoms. The minimum absolute atomic E-state index is 0.0627. The van der Waals surface area contributed by atoms with Crippen molar-refractivity contribution in [1.29, 1.82) is 0 Å². The summed E-state index contributed by atoms with van der Waals surface area (Å²) < 4.78 is 5.47. The van der Waals surface area contributed by atoms with E-state index in [1.54, 1.807) is 7.11 Å². The van der Waals surface area contributed by atoms with E-state index in [-0.39, 0.29) is 6.10 Å². The highest BCUT2D eigenvalue weighted by Gasteiger charge is 2.11. The van der Waals surface area contributed by atoms with Crippen molar-refractivity contribution in [3.8, 4) is 0 Å². The fraction of sp³-hybridized carbons (Fsp3) is 0.538. The van der Waals surface area contributed by atoms with Gasteiger partial charge < -0.3 is 10.1 Å². The molecular formula is C13H20ClNO. The quantitative estimate of drug-likeness (QED) is 0.824. The molecule has 0 aliphatic carbocycles. The Labute approximate surface area is 103 Å². The Hall–Kier alpha value is -0.570. The number of benzene rings is 1. The zero-order valence-electron chi connectivity index (χ0n) is 10.2. The second kappa shape index (κ2) is 6.89. The second-order valence-corrected chi connectivity index (χ2v) is 4.43. The number of methoxy groups -OCH3 is 1. The van der Waals surface area contributed by atoms with Crippen molar-refractivity contribution in [1.82, 2.24) is 5.32 Å². The van der Waals surface area contributed by atoms with Crippen LogP contribution in [-0.2, 0) is 4.74 Å². The van der Waals surface area contributed by atoms with Crippen LogP contribution in [0.3, 0.4) is 0 Å². The Kier molecular flexibility index (Phi) is 5.81. The number of nitrogens with one attached hydrogen (secondary N) is 1.